The summed E-state index contributed by atoms with van der Waals surface area (Å²) in [6, 6.07) is 6.25. The zero-order valence-electron chi connectivity index (χ0n) is 11.5. The smallest absolute Gasteiger partial charge is 0.316 e. The van der Waals surface area contributed by atoms with Crippen molar-refractivity contribution in [1.82, 2.24) is 0 Å². The maximum Gasteiger partial charge on any atom is 0.316 e. The predicted octanol–water partition coefficient (Wildman–Crippen LogP) is 3.53. The molecule has 1 aromatic rings. The maximum absolute atomic E-state index is 12.1. The quantitative estimate of drug-likeness (QED) is 0.745. The van der Waals surface area contributed by atoms with Crippen LogP contribution in [0, 0.1) is 13.8 Å². The average molecular weight is 234 g/mol. The molecule has 1 rings (SSSR count). The first kappa shape index (κ1) is 13.8. The summed E-state index contributed by atoms with van der Waals surface area (Å²) in [5.41, 5.74) is 2.99. The minimum Gasteiger partial charge on any atom is -0.468 e. The Morgan fingerprint density at radius 2 is 1.82 bits per heavy atom. The monoisotopic (exact) mass is 234 g/mol. The van der Waals surface area contributed by atoms with Crippen LogP contribution in [0.3, 0.4) is 0 Å². The summed E-state index contributed by atoms with van der Waals surface area (Å²) in [7, 11) is 1.46. The van der Waals surface area contributed by atoms with E-state index in [9.17, 15) is 4.79 Å². The van der Waals surface area contributed by atoms with Gasteiger partial charge in [0, 0.05) is 0 Å². The van der Waals surface area contributed by atoms with E-state index in [4.69, 9.17) is 4.74 Å². The third-order valence-corrected chi connectivity index (χ3v) is 3.68. The molecule has 0 unspecified atom stereocenters. The molecule has 0 fully saturated rings. The van der Waals surface area contributed by atoms with Crippen molar-refractivity contribution in [2.45, 2.75) is 46.0 Å². The van der Waals surface area contributed by atoms with E-state index in [1.807, 2.05) is 13.8 Å². The molecule has 0 aliphatic heterocycles. The minimum atomic E-state index is -0.494. The number of benzene rings is 1. The lowest BCUT2D eigenvalue weighted by Gasteiger charge is -2.30. The molecule has 0 saturated carbocycles. The molecule has 0 N–H and O–H groups in total. The number of ether oxygens (including phenoxy) is 1. The number of aryl methyl sites for hydroxylation is 2. The number of esters is 1. The van der Waals surface area contributed by atoms with Gasteiger partial charge >= 0.3 is 5.97 Å². The van der Waals surface area contributed by atoms with Crippen LogP contribution < -0.4 is 0 Å². The van der Waals surface area contributed by atoms with Crippen LogP contribution in [-0.2, 0) is 14.9 Å². The van der Waals surface area contributed by atoms with Gasteiger partial charge in [-0.05, 0) is 37.8 Å². The summed E-state index contributed by atoms with van der Waals surface area (Å²) >= 11 is 0. The first-order valence-corrected chi connectivity index (χ1v) is 6.18. The highest BCUT2D eigenvalue weighted by Gasteiger charge is 2.38. The van der Waals surface area contributed by atoms with E-state index in [1.165, 1.54) is 18.2 Å². The second-order valence-corrected chi connectivity index (χ2v) is 4.60. The number of rotatable bonds is 4. The molecule has 1 aromatic carbocycles. The summed E-state index contributed by atoms with van der Waals surface area (Å²) in [6.07, 6.45) is 1.53. The molecule has 2 nitrogen and oxygen atoms in total. The van der Waals surface area contributed by atoms with E-state index in [1.54, 1.807) is 0 Å². The van der Waals surface area contributed by atoms with Crippen molar-refractivity contribution in [2.75, 3.05) is 7.11 Å². The second kappa shape index (κ2) is 5.35. The van der Waals surface area contributed by atoms with Crippen LogP contribution in [0.25, 0.3) is 0 Å². The van der Waals surface area contributed by atoms with Crippen LogP contribution in [-0.4, -0.2) is 13.1 Å². The van der Waals surface area contributed by atoms with E-state index in [-0.39, 0.29) is 5.97 Å². The topological polar surface area (TPSA) is 26.3 Å². The lowest BCUT2D eigenvalue weighted by Crippen LogP contribution is -2.36. The van der Waals surface area contributed by atoms with Gasteiger partial charge in [0.25, 0.3) is 0 Å². The van der Waals surface area contributed by atoms with Gasteiger partial charge in [-0.15, -0.1) is 0 Å². The Kier molecular flexibility index (Phi) is 4.33. The van der Waals surface area contributed by atoms with Gasteiger partial charge in [-0.25, -0.2) is 0 Å². The number of carbonyl (C=O) groups is 1. The predicted molar refractivity (Wildman–Crippen MR) is 70.2 cm³/mol. The third kappa shape index (κ3) is 2.36. The summed E-state index contributed by atoms with van der Waals surface area (Å²) < 4.78 is 5.00. The Hall–Kier alpha value is -1.31. The van der Waals surface area contributed by atoms with E-state index < -0.39 is 5.41 Å². The van der Waals surface area contributed by atoms with Gasteiger partial charge in [-0.2, -0.15) is 0 Å². The van der Waals surface area contributed by atoms with E-state index in [0.717, 1.165) is 18.4 Å². The molecule has 0 amide bonds. The fourth-order valence-corrected chi connectivity index (χ4v) is 2.58. The van der Waals surface area contributed by atoms with Gasteiger partial charge in [0.15, 0.2) is 0 Å². The highest BCUT2D eigenvalue weighted by Crippen LogP contribution is 2.35. The fourth-order valence-electron chi connectivity index (χ4n) is 2.58. The summed E-state index contributed by atoms with van der Waals surface area (Å²) in [6.45, 7) is 8.21. The molecule has 0 saturated heterocycles. The van der Waals surface area contributed by atoms with Crippen molar-refractivity contribution in [1.29, 1.82) is 0 Å². The summed E-state index contributed by atoms with van der Waals surface area (Å²) in [4.78, 5) is 12.1. The van der Waals surface area contributed by atoms with E-state index in [0.29, 0.717) is 0 Å². The SMILES string of the molecule is CCC(CC)(C(=O)OC)c1ccc(C)cc1C. The molecular weight excluding hydrogens is 212 g/mol. The molecule has 0 bridgehead atoms. The van der Waals surface area contributed by atoms with Gasteiger partial charge in [0.05, 0.1) is 12.5 Å². The molecular formula is C15H22O2. The van der Waals surface area contributed by atoms with E-state index >= 15 is 0 Å². The standard InChI is InChI=1S/C15H22O2/c1-6-15(7-2,14(16)17-5)13-9-8-11(3)10-12(13)4/h8-10H,6-7H2,1-5H3. The van der Waals surface area contributed by atoms with Gasteiger partial charge in [0.1, 0.15) is 0 Å². The maximum atomic E-state index is 12.1. The largest absolute Gasteiger partial charge is 0.468 e. The van der Waals surface area contributed by atoms with Crippen LogP contribution in [0.2, 0.25) is 0 Å². The Morgan fingerprint density at radius 3 is 2.24 bits per heavy atom. The summed E-state index contributed by atoms with van der Waals surface area (Å²) in [5, 5.41) is 0. The molecule has 0 heterocycles. The Balaban J connectivity index is 3.36. The van der Waals surface area contributed by atoms with Crippen molar-refractivity contribution in [3.63, 3.8) is 0 Å². The minimum absolute atomic E-state index is 0.130. The molecule has 0 radical (unpaired) electrons. The summed E-state index contributed by atoms with van der Waals surface area (Å²) in [5.74, 6) is -0.130. The Bertz CT molecular complexity index is 403. The number of methoxy groups -OCH3 is 1. The molecule has 0 aliphatic rings. The van der Waals surface area contributed by atoms with Gasteiger partial charge in [-0.1, -0.05) is 37.6 Å². The second-order valence-electron chi connectivity index (χ2n) is 4.60. The van der Waals surface area contributed by atoms with Gasteiger partial charge < -0.3 is 4.74 Å². The van der Waals surface area contributed by atoms with Crippen molar-refractivity contribution in [3.05, 3.63) is 34.9 Å². The van der Waals surface area contributed by atoms with Crippen molar-refractivity contribution < 1.29 is 9.53 Å². The van der Waals surface area contributed by atoms with Gasteiger partial charge in [0.2, 0.25) is 0 Å². The van der Waals surface area contributed by atoms with Crippen molar-refractivity contribution in [2.24, 2.45) is 0 Å². The molecule has 0 aliphatic carbocycles. The zero-order valence-corrected chi connectivity index (χ0v) is 11.5. The van der Waals surface area contributed by atoms with Crippen LogP contribution in [0.15, 0.2) is 18.2 Å². The van der Waals surface area contributed by atoms with Crippen LogP contribution in [0.1, 0.15) is 43.4 Å². The molecule has 0 spiro atoms. The zero-order chi connectivity index (χ0) is 13.1. The highest BCUT2D eigenvalue weighted by atomic mass is 16.5. The highest BCUT2D eigenvalue weighted by molar-refractivity contribution is 5.83. The van der Waals surface area contributed by atoms with Gasteiger partial charge in [-0.3, -0.25) is 4.79 Å². The molecule has 94 valence electrons. The van der Waals surface area contributed by atoms with Crippen LogP contribution in [0.5, 0.6) is 0 Å². The normalized spacial score (nSPS) is 11.4. The number of hydrogen-bond donors (Lipinski definition) is 0. The van der Waals surface area contributed by atoms with Crippen molar-refractivity contribution >= 4 is 5.97 Å². The first-order valence-electron chi connectivity index (χ1n) is 6.18. The molecule has 0 atom stereocenters. The Labute approximate surface area is 104 Å². The average Bonchev–Trinajstić information content (AvgIpc) is 2.33. The lowest BCUT2D eigenvalue weighted by molar-refractivity contribution is -0.148. The molecule has 17 heavy (non-hydrogen) atoms. The van der Waals surface area contributed by atoms with Crippen molar-refractivity contribution in [3.8, 4) is 0 Å². The molecule has 2 heteroatoms. The first-order chi connectivity index (χ1) is 8.01. The molecule has 0 aromatic heterocycles. The lowest BCUT2D eigenvalue weighted by atomic mass is 9.74. The number of carbonyl (C=O) groups excluding carboxylic acids is 1. The third-order valence-electron chi connectivity index (χ3n) is 3.68. The Morgan fingerprint density at radius 1 is 1.24 bits per heavy atom. The van der Waals surface area contributed by atoms with Crippen LogP contribution >= 0.6 is 0 Å². The van der Waals surface area contributed by atoms with E-state index in [2.05, 4.69) is 32.0 Å². The number of hydrogen-bond acceptors (Lipinski definition) is 2. The fraction of sp³-hybridized carbons (Fsp3) is 0.533. The van der Waals surface area contributed by atoms with Crippen LogP contribution in [0.4, 0.5) is 0 Å².